The van der Waals surface area contributed by atoms with Crippen LogP contribution in [0, 0.1) is 5.82 Å². The van der Waals surface area contributed by atoms with Gasteiger partial charge in [0.2, 0.25) is 0 Å². The molecule has 5 heteroatoms. The SMILES string of the molecule is CCOc1nccc(C(=O)O)c1F. The van der Waals surface area contributed by atoms with Crippen molar-refractivity contribution in [3.8, 4) is 5.88 Å². The molecule has 0 fully saturated rings. The number of hydrogen-bond acceptors (Lipinski definition) is 3. The molecule has 13 heavy (non-hydrogen) atoms. The molecule has 1 aromatic heterocycles. The molecule has 0 aromatic carbocycles. The number of aromatic carboxylic acids is 1. The van der Waals surface area contributed by atoms with Crippen molar-refractivity contribution < 1.29 is 19.0 Å². The van der Waals surface area contributed by atoms with Crippen molar-refractivity contribution in [3.63, 3.8) is 0 Å². The molecule has 0 aliphatic rings. The van der Waals surface area contributed by atoms with Crippen molar-refractivity contribution in [3.05, 3.63) is 23.6 Å². The summed E-state index contributed by atoms with van der Waals surface area (Å²) in [6, 6.07) is 1.08. The Labute approximate surface area is 74.0 Å². The topological polar surface area (TPSA) is 59.4 Å². The number of nitrogens with zero attached hydrogens (tertiary/aromatic N) is 1. The molecule has 0 atom stereocenters. The third kappa shape index (κ3) is 1.93. The zero-order chi connectivity index (χ0) is 9.84. The average molecular weight is 185 g/mol. The van der Waals surface area contributed by atoms with Crippen molar-refractivity contribution in [1.82, 2.24) is 4.98 Å². The van der Waals surface area contributed by atoms with Crippen LogP contribution < -0.4 is 4.74 Å². The maximum absolute atomic E-state index is 13.1. The zero-order valence-electron chi connectivity index (χ0n) is 6.95. The van der Waals surface area contributed by atoms with Crippen LogP contribution >= 0.6 is 0 Å². The van der Waals surface area contributed by atoms with Crippen LogP contribution in [0.15, 0.2) is 12.3 Å². The predicted octanol–water partition coefficient (Wildman–Crippen LogP) is 1.32. The second-order valence-electron chi connectivity index (χ2n) is 2.22. The van der Waals surface area contributed by atoms with Gasteiger partial charge in [0.25, 0.3) is 5.88 Å². The number of aromatic nitrogens is 1. The predicted molar refractivity (Wildman–Crippen MR) is 42.3 cm³/mol. The summed E-state index contributed by atoms with van der Waals surface area (Å²) in [6.07, 6.45) is 1.19. The van der Waals surface area contributed by atoms with Crippen LogP contribution in [-0.2, 0) is 0 Å². The van der Waals surface area contributed by atoms with E-state index >= 15 is 0 Å². The van der Waals surface area contributed by atoms with Gasteiger partial charge in [-0.15, -0.1) is 0 Å². The van der Waals surface area contributed by atoms with Gasteiger partial charge in [0.05, 0.1) is 6.61 Å². The van der Waals surface area contributed by atoms with Gasteiger partial charge in [-0.3, -0.25) is 0 Å². The molecule has 0 amide bonds. The number of ether oxygens (including phenoxy) is 1. The van der Waals surface area contributed by atoms with E-state index in [-0.39, 0.29) is 12.5 Å². The number of carboxylic acid groups (broad SMARTS) is 1. The van der Waals surface area contributed by atoms with E-state index in [1.54, 1.807) is 6.92 Å². The largest absolute Gasteiger partial charge is 0.478 e. The molecule has 1 aromatic rings. The Morgan fingerprint density at radius 3 is 3.00 bits per heavy atom. The van der Waals surface area contributed by atoms with E-state index in [0.717, 1.165) is 6.07 Å². The van der Waals surface area contributed by atoms with Crippen molar-refractivity contribution in [2.75, 3.05) is 6.61 Å². The highest BCUT2D eigenvalue weighted by atomic mass is 19.1. The minimum absolute atomic E-state index is 0.243. The van der Waals surface area contributed by atoms with Crippen molar-refractivity contribution in [1.29, 1.82) is 0 Å². The summed E-state index contributed by atoms with van der Waals surface area (Å²) in [7, 11) is 0. The maximum Gasteiger partial charge on any atom is 0.338 e. The molecule has 0 aliphatic heterocycles. The van der Waals surface area contributed by atoms with Gasteiger partial charge in [-0.25, -0.2) is 14.2 Å². The Morgan fingerprint density at radius 2 is 2.46 bits per heavy atom. The normalized spacial score (nSPS) is 9.69. The van der Waals surface area contributed by atoms with Gasteiger partial charge in [0, 0.05) is 6.20 Å². The third-order valence-electron chi connectivity index (χ3n) is 1.37. The van der Waals surface area contributed by atoms with Gasteiger partial charge in [-0.1, -0.05) is 0 Å². The molecular formula is C8H8FNO3. The Kier molecular flexibility index (Phi) is 2.79. The highest BCUT2D eigenvalue weighted by Gasteiger charge is 2.15. The van der Waals surface area contributed by atoms with Crippen LogP contribution in [0.1, 0.15) is 17.3 Å². The Bertz CT molecular complexity index is 327. The van der Waals surface area contributed by atoms with Gasteiger partial charge < -0.3 is 9.84 Å². The molecule has 4 nitrogen and oxygen atoms in total. The quantitative estimate of drug-likeness (QED) is 0.771. The van der Waals surface area contributed by atoms with Crippen molar-refractivity contribution >= 4 is 5.97 Å². The van der Waals surface area contributed by atoms with Gasteiger partial charge in [0.1, 0.15) is 5.56 Å². The van der Waals surface area contributed by atoms with Crippen LogP contribution in [-0.4, -0.2) is 22.7 Å². The fraction of sp³-hybridized carbons (Fsp3) is 0.250. The molecule has 0 bridgehead atoms. The lowest BCUT2D eigenvalue weighted by atomic mass is 10.2. The second kappa shape index (κ2) is 3.84. The van der Waals surface area contributed by atoms with E-state index in [4.69, 9.17) is 9.84 Å². The highest BCUT2D eigenvalue weighted by molar-refractivity contribution is 5.88. The van der Waals surface area contributed by atoms with Crippen LogP contribution in [0.5, 0.6) is 5.88 Å². The molecule has 0 saturated carbocycles. The van der Waals surface area contributed by atoms with Crippen LogP contribution in [0.25, 0.3) is 0 Å². The first-order valence-corrected chi connectivity index (χ1v) is 3.67. The van der Waals surface area contributed by atoms with E-state index in [2.05, 4.69) is 4.98 Å². The summed E-state index contributed by atoms with van der Waals surface area (Å²) in [4.78, 5) is 14.0. The molecule has 0 radical (unpaired) electrons. The molecule has 0 unspecified atom stereocenters. The van der Waals surface area contributed by atoms with Crippen LogP contribution in [0.4, 0.5) is 4.39 Å². The zero-order valence-corrected chi connectivity index (χ0v) is 6.95. The second-order valence-corrected chi connectivity index (χ2v) is 2.22. The van der Waals surface area contributed by atoms with E-state index < -0.39 is 17.3 Å². The first-order valence-electron chi connectivity index (χ1n) is 3.67. The number of hydrogen-bond donors (Lipinski definition) is 1. The maximum atomic E-state index is 13.1. The van der Waals surface area contributed by atoms with Crippen LogP contribution in [0.2, 0.25) is 0 Å². The summed E-state index contributed by atoms with van der Waals surface area (Å²) in [6.45, 7) is 1.90. The average Bonchev–Trinajstić information content (AvgIpc) is 2.08. The fourth-order valence-corrected chi connectivity index (χ4v) is 0.827. The third-order valence-corrected chi connectivity index (χ3v) is 1.37. The van der Waals surface area contributed by atoms with Gasteiger partial charge in [0.15, 0.2) is 5.82 Å². The van der Waals surface area contributed by atoms with Crippen LogP contribution in [0.3, 0.4) is 0 Å². The standard InChI is InChI=1S/C8H8FNO3/c1-2-13-7-6(9)5(8(11)12)3-4-10-7/h3-4H,2H2,1H3,(H,11,12). The van der Waals surface area contributed by atoms with E-state index in [1.165, 1.54) is 6.20 Å². The monoisotopic (exact) mass is 185 g/mol. The summed E-state index contributed by atoms with van der Waals surface area (Å²) < 4.78 is 17.9. The van der Waals surface area contributed by atoms with E-state index in [9.17, 15) is 9.18 Å². The number of carbonyl (C=O) groups is 1. The molecule has 1 heterocycles. The lowest BCUT2D eigenvalue weighted by Gasteiger charge is -2.03. The Balaban J connectivity index is 3.10. The number of pyridine rings is 1. The molecule has 0 saturated heterocycles. The fourth-order valence-electron chi connectivity index (χ4n) is 0.827. The number of carboxylic acids is 1. The molecule has 0 aliphatic carbocycles. The van der Waals surface area contributed by atoms with Gasteiger partial charge in [-0.2, -0.15) is 0 Å². The summed E-state index contributed by atoms with van der Waals surface area (Å²) in [5.74, 6) is -2.54. The van der Waals surface area contributed by atoms with Crippen molar-refractivity contribution in [2.45, 2.75) is 6.92 Å². The lowest BCUT2D eigenvalue weighted by molar-refractivity contribution is 0.0690. The number of halogens is 1. The molecule has 70 valence electrons. The molecule has 1 N–H and O–H groups in total. The highest BCUT2D eigenvalue weighted by Crippen LogP contribution is 2.16. The molecule has 1 rings (SSSR count). The molecule has 0 spiro atoms. The summed E-state index contributed by atoms with van der Waals surface area (Å²) >= 11 is 0. The van der Waals surface area contributed by atoms with Crippen molar-refractivity contribution in [2.24, 2.45) is 0 Å². The van der Waals surface area contributed by atoms with E-state index in [0.29, 0.717) is 0 Å². The summed E-state index contributed by atoms with van der Waals surface area (Å²) in [5.41, 5.74) is -0.432. The minimum Gasteiger partial charge on any atom is -0.478 e. The Morgan fingerprint density at radius 1 is 1.77 bits per heavy atom. The number of rotatable bonds is 3. The lowest BCUT2D eigenvalue weighted by Crippen LogP contribution is -2.05. The van der Waals surface area contributed by atoms with E-state index in [1.807, 2.05) is 0 Å². The minimum atomic E-state index is -1.33. The van der Waals surface area contributed by atoms with Gasteiger partial charge >= 0.3 is 5.97 Å². The first kappa shape index (κ1) is 9.44. The first-order chi connectivity index (χ1) is 6.16. The molecular weight excluding hydrogens is 177 g/mol. The summed E-state index contributed by atoms with van der Waals surface area (Å²) in [5, 5.41) is 8.53. The smallest absolute Gasteiger partial charge is 0.338 e. The Hall–Kier alpha value is -1.65. The van der Waals surface area contributed by atoms with Gasteiger partial charge in [-0.05, 0) is 13.0 Å².